The second kappa shape index (κ2) is 13.3. The molecule has 228 valence electrons. The SMILES string of the molecule is C=CCCC(=O)NC[C@H](C)OC(=O)[C@@H]1[C@H]2O[C@@]3(CC2Br)[C@H](C(=O)N(CC=C)c2ccccc2Cl)N([C@H](C)CO)C(=O)[C@@H]13. The first-order valence-corrected chi connectivity index (χ1v) is 15.3. The number of hydrogen-bond donors (Lipinski definition) is 2. The van der Waals surface area contributed by atoms with Gasteiger partial charge < -0.3 is 29.7 Å². The van der Waals surface area contributed by atoms with Crippen molar-refractivity contribution >= 4 is 56.9 Å². The molecule has 3 heterocycles. The third-order valence-electron chi connectivity index (χ3n) is 8.17. The van der Waals surface area contributed by atoms with Crippen molar-refractivity contribution in [3.05, 3.63) is 54.6 Å². The minimum Gasteiger partial charge on any atom is -0.460 e. The maximum absolute atomic E-state index is 14.5. The van der Waals surface area contributed by atoms with Crippen molar-refractivity contribution in [2.45, 2.75) is 67.8 Å². The van der Waals surface area contributed by atoms with E-state index >= 15 is 0 Å². The Morgan fingerprint density at radius 2 is 2.02 bits per heavy atom. The second-order valence-corrected chi connectivity index (χ2v) is 12.6. The Morgan fingerprint density at radius 3 is 2.67 bits per heavy atom. The number of esters is 1. The molecule has 0 radical (unpaired) electrons. The summed E-state index contributed by atoms with van der Waals surface area (Å²) < 4.78 is 12.2. The van der Waals surface area contributed by atoms with Gasteiger partial charge >= 0.3 is 5.97 Å². The van der Waals surface area contributed by atoms with Crippen LogP contribution in [-0.4, -0.2) is 88.1 Å². The third-order valence-corrected chi connectivity index (χ3v) is 9.34. The summed E-state index contributed by atoms with van der Waals surface area (Å²) in [4.78, 5) is 56.7. The molecule has 12 heteroatoms. The Morgan fingerprint density at radius 1 is 1.31 bits per heavy atom. The summed E-state index contributed by atoms with van der Waals surface area (Å²) in [6, 6.07) is 4.99. The first-order chi connectivity index (χ1) is 20.0. The Labute approximate surface area is 259 Å². The summed E-state index contributed by atoms with van der Waals surface area (Å²) in [5.41, 5.74) is -0.904. The first kappa shape index (κ1) is 32.2. The minimum atomic E-state index is -1.34. The molecule has 3 saturated heterocycles. The number of alkyl halides is 1. The van der Waals surface area contributed by atoms with Gasteiger partial charge in [-0.05, 0) is 38.8 Å². The molecule has 2 N–H and O–H groups in total. The number of halogens is 2. The highest BCUT2D eigenvalue weighted by molar-refractivity contribution is 9.09. The number of hydrogen-bond acceptors (Lipinski definition) is 7. The van der Waals surface area contributed by atoms with Gasteiger partial charge in [0.1, 0.15) is 17.7 Å². The molecule has 1 aromatic rings. The lowest BCUT2D eigenvalue weighted by molar-refractivity contribution is -0.159. The lowest BCUT2D eigenvalue weighted by atomic mass is 9.70. The number of rotatable bonds is 13. The molecular formula is C30H37BrClN3O7. The second-order valence-electron chi connectivity index (χ2n) is 11.0. The van der Waals surface area contributed by atoms with Gasteiger partial charge in [0.05, 0.1) is 47.8 Å². The highest BCUT2D eigenvalue weighted by atomic mass is 79.9. The Kier molecular flexibility index (Phi) is 10.2. The molecule has 10 nitrogen and oxygen atoms in total. The van der Waals surface area contributed by atoms with E-state index in [0.717, 1.165) is 0 Å². The molecule has 8 atom stereocenters. The van der Waals surface area contributed by atoms with Crippen LogP contribution in [0.1, 0.15) is 33.1 Å². The van der Waals surface area contributed by atoms with Crippen molar-refractivity contribution in [1.29, 1.82) is 0 Å². The number of allylic oxidation sites excluding steroid dienone is 1. The van der Waals surface area contributed by atoms with Crippen LogP contribution in [0.4, 0.5) is 5.69 Å². The average Bonchev–Trinajstić information content (AvgIpc) is 3.56. The zero-order chi connectivity index (χ0) is 30.8. The number of amides is 3. The van der Waals surface area contributed by atoms with Crippen LogP contribution in [0.3, 0.4) is 0 Å². The predicted molar refractivity (Wildman–Crippen MR) is 161 cm³/mol. The summed E-state index contributed by atoms with van der Waals surface area (Å²) in [5.74, 6) is -3.74. The van der Waals surface area contributed by atoms with Gasteiger partial charge in [0, 0.05) is 17.8 Å². The van der Waals surface area contributed by atoms with E-state index in [1.165, 1.54) is 9.80 Å². The topological polar surface area (TPSA) is 125 Å². The summed E-state index contributed by atoms with van der Waals surface area (Å²) in [5, 5.41) is 13.2. The van der Waals surface area contributed by atoms with Crippen LogP contribution < -0.4 is 10.2 Å². The largest absolute Gasteiger partial charge is 0.460 e. The van der Waals surface area contributed by atoms with Crippen LogP contribution in [-0.2, 0) is 28.7 Å². The average molecular weight is 667 g/mol. The van der Waals surface area contributed by atoms with Gasteiger partial charge in [0.15, 0.2) is 0 Å². The quantitative estimate of drug-likeness (QED) is 0.188. The van der Waals surface area contributed by atoms with E-state index in [2.05, 4.69) is 34.4 Å². The number of carbonyl (C=O) groups is 4. The highest BCUT2D eigenvalue weighted by Crippen LogP contribution is 2.60. The van der Waals surface area contributed by atoms with E-state index in [4.69, 9.17) is 21.1 Å². The van der Waals surface area contributed by atoms with Crippen molar-refractivity contribution in [3.63, 3.8) is 0 Å². The van der Waals surface area contributed by atoms with E-state index in [-0.39, 0.29) is 30.2 Å². The lowest BCUT2D eigenvalue weighted by Gasteiger charge is -2.38. The standard InChI is InChI=1S/C30H37BrClN3O7/c1-5-7-12-22(37)33-15-18(4)41-29(40)23-24-27(38)35(17(3)16-36)26(30(24)14-19(31)25(23)42-30)28(39)34(13-6-2)21-11-9-8-10-20(21)32/h5-6,8-11,17-19,23-26,36H,1-2,7,12-16H2,3-4H3,(H,33,37)/t17-,18+,19?,23+,24-,25+,26+,30-/m1/s1. The number of nitrogens with one attached hydrogen (secondary N) is 1. The Bertz CT molecular complexity index is 1250. The molecule has 4 rings (SSSR count). The Hall–Kier alpha value is -2.73. The molecule has 3 fully saturated rings. The number of aliphatic hydroxyl groups excluding tert-OH is 1. The van der Waals surface area contributed by atoms with Crippen LogP contribution in [0.15, 0.2) is 49.6 Å². The van der Waals surface area contributed by atoms with Crippen molar-refractivity contribution < 1.29 is 33.8 Å². The fraction of sp³-hybridized carbons (Fsp3) is 0.533. The molecular weight excluding hydrogens is 630 g/mol. The zero-order valence-corrected chi connectivity index (χ0v) is 26.1. The van der Waals surface area contributed by atoms with E-state index in [0.29, 0.717) is 23.6 Å². The fourth-order valence-corrected chi connectivity index (χ4v) is 7.51. The number of nitrogens with zero attached hydrogens (tertiary/aromatic N) is 2. The monoisotopic (exact) mass is 665 g/mol. The number of carbonyl (C=O) groups excluding carboxylic acids is 4. The summed E-state index contributed by atoms with van der Waals surface area (Å²) >= 11 is 10.1. The molecule has 0 saturated carbocycles. The van der Waals surface area contributed by atoms with Crippen LogP contribution in [0.5, 0.6) is 0 Å². The lowest BCUT2D eigenvalue weighted by Crippen LogP contribution is -2.58. The molecule has 0 aromatic heterocycles. The molecule has 3 aliphatic rings. The van der Waals surface area contributed by atoms with E-state index in [1.54, 1.807) is 50.3 Å². The molecule has 0 aliphatic carbocycles. The van der Waals surface area contributed by atoms with E-state index in [9.17, 15) is 24.3 Å². The highest BCUT2D eigenvalue weighted by Gasteiger charge is 2.77. The van der Waals surface area contributed by atoms with Gasteiger partial charge in [0.25, 0.3) is 5.91 Å². The summed E-state index contributed by atoms with van der Waals surface area (Å²) in [6.07, 6.45) is 2.93. The van der Waals surface area contributed by atoms with Crippen molar-refractivity contribution in [2.75, 3.05) is 24.6 Å². The molecule has 3 aliphatic heterocycles. The van der Waals surface area contributed by atoms with Crippen LogP contribution in [0.25, 0.3) is 0 Å². The van der Waals surface area contributed by atoms with Gasteiger partial charge in [-0.3, -0.25) is 19.2 Å². The number of benzene rings is 1. The van der Waals surface area contributed by atoms with Gasteiger partial charge in [0.2, 0.25) is 11.8 Å². The summed E-state index contributed by atoms with van der Waals surface area (Å²) in [7, 11) is 0. The number of anilines is 1. The molecule has 1 spiro atoms. The number of para-hydroxylation sites is 1. The maximum Gasteiger partial charge on any atom is 0.312 e. The van der Waals surface area contributed by atoms with Crippen molar-refractivity contribution in [2.24, 2.45) is 11.8 Å². The van der Waals surface area contributed by atoms with E-state index < -0.39 is 66.1 Å². The maximum atomic E-state index is 14.5. The van der Waals surface area contributed by atoms with Crippen LogP contribution in [0.2, 0.25) is 5.02 Å². The number of ether oxygens (including phenoxy) is 2. The molecule has 1 unspecified atom stereocenters. The van der Waals surface area contributed by atoms with Crippen LogP contribution in [0, 0.1) is 11.8 Å². The number of fused-ring (bicyclic) bond motifs is 1. The molecule has 1 aromatic carbocycles. The molecule has 2 bridgehead atoms. The van der Waals surface area contributed by atoms with E-state index in [1.807, 2.05) is 0 Å². The molecule has 3 amide bonds. The van der Waals surface area contributed by atoms with Crippen molar-refractivity contribution in [1.82, 2.24) is 10.2 Å². The minimum absolute atomic E-state index is 0.102. The van der Waals surface area contributed by atoms with Gasteiger partial charge in [-0.1, -0.05) is 51.8 Å². The third kappa shape index (κ3) is 5.76. The first-order valence-electron chi connectivity index (χ1n) is 14.0. The predicted octanol–water partition coefficient (Wildman–Crippen LogP) is 3.00. The Balaban J connectivity index is 1.65. The smallest absolute Gasteiger partial charge is 0.312 e. The van der Waals surface area contributed by atoms with Gasteiger partial charge in [-0.25, -0.2) is 0 Å². The summed E-state index contributed by atoms with van der Waals surface area (Å²) in [6.45, 7) is 10.5. The van der Waals surface area contributed by atoms with Gasteiger partial charge in [-0.2, -0.15) is 0 Å². The fourth-order valence-electron chi connectivity index (χ4n) is 6.33. The normalized spacial score (nSPS) is 29.0. The van der Waals surface area contributed by atoms with Crippen LogP contribution >= 0.6 is 27.5 Å². The molecule has 42 heavy (non-hydrogen) atoms. The van der Waals surface area contributed by atoms with Crippen molar-refractivity contribution in [3.8, 4) is 0 Å². The number of aliphatic hydroxyl groups is 1. The number of likely N-dealkylation sites (tertiary alicyclic amines) is 1. The zero-order valence-electron chi connectivity index (χ0n) is 23.7. The van der Waals surface area contributed by atoms with Gasteiger partial charge in [-0.15, -0.1) is 13.2 Å².